The molecule has 1 amide bonds. The van der Waals surface area contributed by atoms with E-state index in [2.05, 4.69) is 46.9 Å². The van der Waals surface area contributed by atoms with Crippen molar-refractivity contribution in [2.45, 2.75) is 59.3 Å². The standard InChI is InChI=1S/C22H35N3O3.C7H4BrN3O2.Na/c1-4-7-8-9-10-11-12-17(22(27)28)15-21(26)24-20-16-18(13-14-19(20)23)25(5-2)6-3;8-6-2-5(11(12)13)1-4(3-9)7(6)10;/h10-11,13-14,16-17H,4-9,12,15,23H2,1-3H3,(H,24,26)(H,27,28);1-2H,10H2;/q;;+1/p-1/b11-10+;;. The zero-order chi connectivity index (χ0) is 30.9. The summed E-state index contributed by atoms with van der Waals surface area (Å²) in [5.74, 6) is -2.44. The molecule has 2 aromatic rings. The predicted molar refractivity (Wildman–Crippen MR) is 164 cm³/mol. The normalized spacial score (nSPS) is 10.9. The van der Waals surface area contributed by atoms with Crippen LogP contribution in [0.15, 0.2) is 47.0 Å². The molecule has 2 rings (SSSR count). The van der Waals surface area contributed by atoms with Gasteiger partial charge in [0.15, 0.2) is 0 Å². The van der Waals surface area contributed by atoms with E-state index in [1.165, 1.54) is 6.07 Å². The second-order valence-electron chi connectivity index (χ2n) is 9.17. The molecule has 0 fully saturated rings. The minimum Gasteiger partial charge on any atom is -0.550 e. The van der Waals surface area contributed by atoms with Crippen molar-refractivity contribution in [2.75, 3.05) is 34.8 Å². The van der Waals surface area contributed by atoms with Gasteiger partial charge in [-0.05, 0) is 67.2 Å². The van der Waals surface area contributed by atoms with Crippen LogP contribution < -0.4 is 56.3 Å². The largest absolute Gasteiger partial charge is 1.00 e. The summed E-state index contributed by atoms with van der Waals surface area (Å²) in [5.41, 5.74) is 13.5. The number of amides is 1. The summed E-state index contributed by atoms with van der Waals surface area (Å²) in [5, 5.41) is 33.1. The van der Waals surface area contributed by atoms with Gasteiger partial charge in [0, 0.05) is 53.7 Å². The number of carbonyl (C=O) groups excluding carboxylic acids is 2. The number of carbonyl (C=O) groups is 2. The summed E-state index contributed by atoms with van der Waals surface area (Å²) in [7, 11) is 0. The zero-order valence-corrected chi connectivity index (χ0v) is 28.3. The quantitative estimate of drug-likeness (QED) is 0.0685. The zero-order valence-electron chi connectivity index (χ0n) is 24.7. The molecule has 0 heterocycles. The van der Waals surface area contributed by atoms with E-state index in [0.717, 1.165) is 50.5 Å². The molecule has 11 nitrogen and oxygen atoms in total. The third-order valence-electron chi connectivity index (χ3n) is 6.21. The van der Waals surface area contributed by atoms with Crippen LogP contribution >= 0.6 is 15.9 Å². The Kier molecular flexibility index (Phi) is 19.2. The maximum atomic E-state index is 12.4. The first-order chi connectivity index (χ1) is 19.5. The van der Waals surface area contributed by atoms with Crippen molar-refractivity contribution in [2.24, 2.45) is 5.92 Å². The molecule has 222 valence electrons. The van der Waals surface area contributed by atoms with Gasteiger partial charge in [-0.15, -0.1) is 0 Å². The first-order valence-electron chi connectivity index (χ1n) is 13.4. The monoisotopic (exact) mass is 652 g/mol. The molecule has 0 aliphatic rings. The van der Waals surface area contributed by atoms with Crippen LogP contribution in [0.3, 0.4) is 0 Å². The molecule has 1 unspecified atom stereocenters. The number of non-ortho nitro benzene ring substituents is 1. The van der Waals surface area contributed by atoms with Gasteiger partial charge in [-0.1, -0.05) is 31.9 Å². The number of nitro benzene ring substituents is 1. The molecule has 13 heteroatoms. The van der Waals surface area contributed by atoms with Crippen molar-refractivity contribution in [1.82, 2.24) is 0 Å². The number of halogens is 1. The Balaban J connectivity index is 0.00000100. The van der Waals surface area contributed by atoms with E-state index in [9.17, 15) is 24.8 Å². The number of carboxylic acids is 1. The minimum absolute atomic E-state index is 0. The summed E-state index contributed by atoms with van der Waals surface area (Å²) in [6, 6.07) is 9.65. The summed E-state index contributed by atoms with van der Waals surface area (Å²) in [6.07, 6.45) is 8.28. The number of hydrogen-bond donors (Lipinski definition) is 3. The number of aliphatic carboxylic acids is 1. The van der Waals surface area contributed by atoms with Crippen molar-refractivity contribution in [3.63, 3.8) is 0 Å². The van der Waals surface area contributed by atoms with Gasteiger partial charge >= 0.3 is 29.6 Å². The van der Waals surface area contributed by atoms with Crippen LogP contribution in [0.25, 0.3) is 0 Å². The van der Waals surface area contributed by atoms with Gasteiger partial charge in [-0.25, -0.2) is 0 Å². The number of anilines is 4. The van der Waals surface area contributed by atoms with E-state index in [0.29, 0.717) is 15.8 Å². The number of carboxylic acid groups (broad SMARTS) is 1. The topological polar surface area (TPSA) is 191 Å². The van der Waals surface area contributed by atoms with Crippen LogP contribution in [0.4, 0.5) is 28.4 Å². The number of rotatable bonds is 14. The van der Waals surface area contributed by atoms with Gasteiger partial charge in [0.2, 0.25) is 5.91 Å². The summed E-state index contributed by atoms with van der Waals surface area (Å²) >= 11 is 3.03. The number of hydrogen-bond acceptors (Lipinski definition) is 9. The van der Waals surface area contributed by atoms with Crippen molar-refractivity contribution < 1.29 is 49.2 Å². The van der Waals surface area contributed by atoms with Gasteiger partial charge in [-0.2, -0.15) is 5.26 Å². The molecule has 0 bridgehead atoms. The Labute approximate surface area is 277 Å². The van der Waals surface area contributed by atoms with Crippen molar-refractivity contribution in [3.05, 3.63) is 62.6 Å². The van der Waals surface area contributed by atoms with E-state index in [-0.39, 0.29) is 65.2 Å². The predicted octanol–water partition coefficient (Wildman–Crippen LogP) is 2.15. The van der Waals surface area contributed by atoms with E-state index in [1.807, 2.05) is 24.3 Å². The number of nitrogens with two attached hydrogens (primary N) is 2. The van der Waals surface area contributed by atoms with Gasteiger partial charge in [0.1, 0.15) is 6.07 Å². The average molecular weight is 654 g/mol. The molecule has 0 aromatic heterocycles. The SMILES string of the molecule is CCCCC/C=C/CC(CC(=O)Nc1cc(N(CC)CC)ccc1N)C(=O)[O-].N#Cc1cc([N+](=O)[O-])cc(Br)c1N.[Na+]. The number of nitrogens with zero attached hydrogens (tertiary/aromatic N) is 3. The number of unbranched alkanes of at least 4 members (excludes halogenated alkanes) is 3. The molecule has 0 spiro atoms. The number of nitrogen functional groups attached to an aromatic ring is 2. The summed E-state index contributed by atoms with van der Waals surface area (Å²) in [6.45, 7) is 7.92. The van der Waals surface area contributed by atoms with Gasteiger partial charge < -0.3 is 31.6 Å². The van der Waals surface area contributed by atoms with Crippen LogP contribution in [0.2, 0.25) is 0 Å². The number of nitrogens with one attached hydrogen (secondary N) is 1. The molecule has 0 aliphatic carbocycles. The first-order valence-corrected chi connectivity index (χ1v) is 14.2. The van der Waals surface area contributed by atoms with Crippen molar-refractivity contribution in [3.8, 4) is 6.07 Å². The third kappa shape index (κ3) is 13.2. The molecular weight excluding hydrogens is 615 g/mol. The van der Waals surface area contributed by atoms with E-state index in [1.54, 1.807) is 12.1 Å². The van der Waals surface area contributed by atoms with Gasteiger partial charge in [0.25, 0.3) is 5.69 Å². The van der Waals surface area contributed by atoms with Crippen LogP contribution in [-0.4, -0.2) is 29.9 Å². The molecule has 1 atom stereocenters. The Hall–Kier alpha value is -3.11. The molecule has 0 saturated carbocycles. The fourth-order valence-electron chi connectivity index (χ4n) is 3.82. The second-order valence-corrected chi connectivity index (χ2v) is 10.0. The van der Waals surface area contributed by atoms with Crippen molar-refractivity contribution in [1.29, 1.82) is 5.26 Å². The molecule has 0 aliphatic heterocycles. The van der Waals surface area contributed by atoms with Gasteiger partial charge in [0.05, 0.1) is 27.5 Å². The number of nitriles is 1. The molecule has 0 radical (unpaired) electrons. The molecular formula is C29H38BrN6NaO5. The maximum Gasteiger partial charge on any atom is 1.00 e. The summed E-state index contributed by atoms with van der Waals surface area (Å²) < 4.78 is 0.359. The maximum absolute atomic E-state index is 12.4. The Morgan fingerprint density at radius 2 is 1.81 bits per heavy atom. The average Bonchev–Trinajstić information content (AvgIpc) is 2.93. The second kappa shape index (κ2) is 20.7. The first kappa shape index (κ1) is 38.9. The molecule has 5 N–H and O–H groups in total. The molecule has 0 saturated heterocycles. The van der Waals surface area contributed by atoms with Gasteiger partial charge in [-0.3, -0.25) is 14.9 Å². The number of nitro groups is 1. The Bertz CT molecular complexity index is 1260. The fraction of sp³-hybridized carbons (Fsp3) is 0.414. The Morgan fingerprint density at radius 3 is 2.36 bits per heavy atom. The van der Waals surface area contributed by atoms with E-state index < -0.39 is 16.8 Å². The third-order valence-corrected chi connectivity index (χ3v) is 6.87. The number of benzene rings is 2. The van der Waals surface area contributed by atoms with Crippen molar-refractivity contribution >= 4 is 56.2 Å². The van der Waals surface area contributed by atoms with Crippen LogP contribution in [0, 0.1) is 27.4 Å². The van der Waals surface area contributed by atoms with Crippen LogP contribution in [-0.2, 0) is 9.59 Å². The minimum atomic E-state index is -1.21. The molecule has 42 heavy (non-hydrogen) atoms. The van der Waals surface area contributed by atoms with E-state index in [4.69, 9.17) is 16.7 Å². The van der Waals surface area contributed by atoms with E-state index >= 15 is 0 Å². The number of allylic oxidation sites excluding steroid dienone is 2. The summed E-state index contributed by atoms with van der Waals surface area (Å²) in [4.78, 5) is 35.7. The molecule has 2 aromatic carbocycles. The Morgan fingerprint density at radius 1 is 1.14 bits per heavy atom. The smallest absolute Gasteiger partial charge is 0.550 e. The van der Waals surface area contributed by atoms with Crippen LogP contribution in [0.5, 0.6) is 0 Å². The van der Waals surface area contributed by atoms with Crippen LogP contribution in [0.1, 0.15) is 64.9 Å². The fourth-order valence-corrected chi connectivity index (χ4v) is 4.27.